The molecule has 29 heavy (non-hydrogen) atoms. The van der Waals surface area contributed by atoms with E-state index in [-0.39, 0.29) is 11.7 Å². The Morgan fingerprint density at radius 2 is 2.10 bits per heavy atom. The van der Waals surface area contributed by atoms with E-state index in [2.05, 4.69) is 58.7 Å². The van der Waals surface area contributed by atoms with Crippen molar-refractivity contribution in [1.29, 1.82) is 0 Å². The van der Waals surface area contributed by atoms with Crippen LogP contribution in [0.15, 0.2) is 35.8 Å². The van der Waals surface area contributed by atoms with Crippen molar-refractivity contribution >= 4 is 17.3 Å². The van der Waals surface area contributed by atoms with E-state index in [4.69, 9.17) is 9.72 Å². The zero-order chi connectivity index (χ0) is 20.4. The molecule has 2 aromatic heterocycles. The number of hydrogen-bond donors (Lipinski definition) is 0. The molecule has 3 heterocycles. The zero-order valence-corrected chi connectivity index (χ0v) is 17.7. The summed E-state index contributed by atoms with van der Waals surface area (Å²) in [6.07, 6.45) is 2.64. The van der Waals surface area contributed by atoms with Crippen LogP contribution in [0.5, 0.6) is 0 Å². The molecule has 3 aromatic rings. The summed E-state index contributed by atoms with van der Waals surface area (Å²) in [6.45, 7) is 7.05. The molecule has 1 aliphatic rings. The highest BCUT2D eigenvalue weighted by Crippen LogP contribution is 2.28. The summed E-state index contributed by atoms with van der Waals surface area (Å²) in [5.41, 5.74) is 3.85. The molecule has 7 nitrogen and oxygen atoms in total. The summed E-state index contributed by atoms with van der Waals surface area (Å²) in [6, 6.07) is 8.91. The molecule has 8 heteroatoms. The number of carbonyl (C=O) groups excluding carboxylic acids is 1. The van der Waals surface area contributed by atoms with Crippen LogP contribution < -0.4 is 0 Å². The van der Waals surface area contributed by atoms with Gasteiger partial charge in [0.25, 0.3) is 0 Å². The Labute approximate surface area is 174 Å². The van der Waals surface area contributed by atoms with Crippen LogP contribution in [0.1, 0.15) is 54.0 Å². The van der Waals surface area contributed by atoms with Crippen LogP contribution in [0.3, 0.4) is 0 Å². The number of carbonyl (C=O) groups is 1. The maximum atomic E-state index is 11.6. The molecule has 1 unspecified atom stereocenters. The molecule has 1 fully saturated rings. The lowest BCUT2D eigenvalue weighted by molar-refractivity contribution is 0.0594. The van der Waals surface area contributed by atoms with Gasteiger partial charge in [-0.15, -0.1) is 16.4 Å². The van der Waals surface area contributed by atoms with E-state index < -0.39 is 5.97 Å². The fourth-order valence-electron chi connectivity index (χ4n) is 3.58. The van der Waals surface area contributed by atoms with E-state index in [1.54, 1.807) is 22.2 Å². The van der Waals surface area contributed by atoms with Crippen molar-refractivity contribution in [2.75, 3.05) is 20.2 Å². The van der Waals surface area contributed by atoms with Crippen LogP contribution in [-0.4, -0.2) is 51.0 Å². The van der Waals surface area contributed by atoms with Crippen LogP contribution in [-0.2, 0) is 11.3 Å². The molecule has 152 valence electrons. The molecule has 4 rings (SSSR count). The van der Waals surface area contributed by atoms with Gasteiger partial charge < -0.3 is 4.74 Å². The van der Waals surface area contributed by atoms with Crippen LogP contribution >= 0.6 is 11.3 Å². The van der Waals surface area contributed by atoms with Gasteiger partial charge in [0.05, 0.1) is 25.0 Å². The molecule has 0 radical (unpaired) electrons. The number of ether oxygens (including phenoxy) is 1. The molecule has 0 amide bonds. The van der Waals surface area contributed by atoms with Crippen molar-refractivity contribution in [3.05, 3.63) is 52.8 Å². The van der Waals surface area contributed by atoms with Crippen molar-refractivity contribution in [3.63, 3.8) is 0 Å². The second-order valence-electron chi connectivity index (χ2n) is 7.67. The summed E-state index contributed by atoms with van der Waals surface area (Å²) in [5.74, 6) is 0.0789. The van der Waals surface area contributed by atoms with Gasteiger partial charge in [-0.3, -0.25) is 4.90 Å². The van der Waals surface area contributed by atoms with Crippen molar-refractivity contribution in [2.45, 2.75) is 38.8 Å². The molecule has 0 saturated carbocycles. The first-order chi connectivity index (χ1) is 14.0. The maximum absolute atomic E-state index is 11.6. The third-order valence-electron chi connectivity index (χ3n) is 5.29. The largest absolute Gasteiger partial charge is 0.464 e. The highest BCUT2D eigenvalue weighted by Gasteiger charge is 2.26. The number of aromatic nitrogens is 4. The third kappa shape index (κ3) is 4.38. The number of benzene rings is 1. The standard InChI is InChI=1S/C21H25N5O2S/c1-14(2)15-4-6-16(7-5-15)20-22-17(13-29-20)10-25-9-8-18(11-25)26-12-19(23-24-26)21(27)28-3/h4-7,12-14,18H,8-11H2,1-3H3. The molecule has 1 aliphatic heterocycles. The van der Waals surface area contributed by atoms with Gasteiger partial charge in [-0.1, -0.05) is 43.3 Å². The summed E-state index contributed by atoms with van der Waals surface area (Å²) in [4.78, 5) is 18.8. The van der Waals surface area contributed by atoms with E-state index in [0.29, 0.717) is 5.92 Å². The number of thiazole rings is 1. The normalized spacial score (nSPS) is 17.2. The lowest BCUT2D eigenvalue weighted by Crippen LogP contribution is -2.21. The van der Waals surface area contributed by atoms with Crippen LogP contribution in [0.2, 0.25) is 0 Å². The quantitative estimate of drug-likeness (QED) is 0.575. The van der Waals surface area contributed by atoms with Gasteiger partial charge in [0.2, 0.25) is 0 Å². The predicted octanol–water partition coefficient (Wildman–Crippen LogP) is 3.76. The third-order valence-corrected chi connectivity index (χ3v) is 6.23. The van der Waals surface area contributed by atoms with E-state index in [9.17, 15) is 4.79 Å². The lowest BCUT2D eigenvalue weighted by atomic mass is 10.0. The number of nitrogens with zero attached hydrogens (tertiary/aromatic N) is 5. The van der Waals surface area contributed by atoms with Gasteiger partial charge in [-0.25, -0.2) is 14.5 Å². The molecule has 0 N–H and O–H groups in total. The van der Waals surface area contributed by atoms with Crippen LogP contribution in [0.25, 0.3) is 10.6 Å². The van der Waals surface area contributed by atoms with Gasteiger partial charge in [-0.2, -0.15) is 0 Å². The van der Waals surface area contributed by atoms with Gasteiger partial charge >= 0.3 is 5.97 Å². The average molecular weight is 412 g/mol. The molecule has 0 spiro atoms. The Morgan fingerprint density at radius 1 is 1.31 bits per heavy atom. The van der Waals surface area contributed by atoms with Crippen LogP contribution in [0.4, 0.5) is 0 Å². The second-order valence-corrected chi connectivity index (χ2v) is 8.53. The molecule has 1 aromatic carbocycles. The monoisotopic (exact) mass is 411 g/mol. The Bertz CT molecular complexity index is 979. The SMILES string of the molecule is COC(=O)c1cn(C2CCN(Cc3csc(-c4ccc(C(C)C)cc4)n3)C2)nn1. The van der Waals surface area contributed by atoms with E-state index in [1.165, 1.54) is 18.2 Å². The first kappa shape index (κ1) is 19.7. The van der Waals surface area contributed by atoms with Gasteiger partial charge in [-0.05, 0) is 17.9 Å². The topological polar surface area (TPSA) is 73.1 Å². The van der Waals surface area contributed by atoms with Crippen molar-refractivity contribution in [3.8, 4) is 10.6 Å². The lowest BCUT2D eigenvalue weighted by Gasteiger charge is -2.14. The summed E-state index contributed by atoms with van der Waals surface area (Å²) in [5, 5.41) is 11.2. The predicted molar refractivity (Wildman–Crippen MR) is 112 cm³/mol. The maximum Gasteiger partial charge on any atom is 0.360 e. The van der Waals surface area contributed by atoms with Crippen molar-refractivity contribution < 1.29 is 9.53 Å². The number of esters is 1. The number of likely N-dealkylation sites (tertiary alicyclic amines) is 1. The summed E-state index contributed by atoms with van der Waals surface area (Å²) >= 11 is 1.69. The fraction of sp³-hybridized carbons (Fsp3) is 0.429. The first-order valence-corrected chi connectivity index (χ1v) is 10.7. The number of methoxy groups -OCH3 is 1. The van der Waals surface area contributed by atoms with Gasteiger partial charge in [0.1, 0.15) is 5.01 Å². The zero-order valence-electron chi connectivity index (χ0n) is 16.9. The second kappa shape index (κ2) is 8.42. The van der Waals surface area contributed by atoms with Gasteiger partial charge in [0.15, 0.2) is 5.69 Å². The fourth-order valence-corrected chi connectivity index (χ4v) is 4.39. The molecule has 0 aliphatic carbocycles. The van der Waals surface area contributed by atoms with Crippen molar-refractivity contribution in [1.82, 2.24) is 24.9 Å². The minimum atomic E-state index is -0.456. The molecule has 1 saturated heterocycles. The average Bonchev–Trinajstić information content (AvgIpc) is 3.48. The minimum absolute atomic E-state index is 0.211. The van der Waals surface area contributed by atoms with E-state index >= 15 is 0 Å². The first-order valence-electron chi connectivity index (χ1n) is 9.80. The summed E-state index contributed by atoms with van der Waals surface area (Å²) < 4.78 is 6.47. The van der Waals surface area contributed by atoms with E-state index in [0.717, 1.165) is 36.8 Å². The minimum Gasteiger partial charge on any atom is -0.464 e. The van der Waals surface area contributed by atoms with Gasteiger partial charge in [0, 0.05) is 30.6 Å². The number of rotatable bonds is 6. The Balaban J connectivity index is 1.37. The molecular weight excluding hydrogens is 386 g/mol. The Kier molecular flexibility index (Phi) is 5.73. The Hall–Kier alpha value is -2.58. The highest BCUT2D eigenvalue weighted by molar-refractivity contribution is 7.13. The van der Waals surface area contributed by atoms with Crippen molar-refractivity contribution in [2.24, 2.45) is 0 Å². The molecule has 1 atom stereocenters. The highest BCUT2D eigenvalue weighted by atomic mass is 32.1. The van der Waals surface area contributed by atoms with Crippen LogP contribution in [0, 0.1) is 0 Å². The summed E-state index contributed by atoms with van der Waals surface area (Å²) in [7, 11) is 1.35. The smallest absolute Gasteiger partial charge is 0.360 e. The molecule has 0 bridgehead atoms. The van der Waals surface area contributed by atoms with E-state index in [1.807, 2.05) is 0 Å². The Morgan fingerprint density at radius 3 is 2.83 bits per heavy atom. The number of hydrogen-bond acceptors (Lipinski definition) is 7. The molecular formula is C21H25N5O2S.